The Labute approximate surface area is 179 Å². The molecule has 9 nitrogen and oxygen atoms in total. The molecule has 0 bridgehead atoms. The summed E-state index contributed by atoms with van der Waals surface area (Å²) in [7, 11) is 4.95. The van der Waals surface area contributed by atoms with Gasteiger partial charge in [0.15, 0.2) is 5.78 Å². The van der Waals surface area contributed by atoms with E-state index in [0.717, 1.165) is 0 Å². The van der Waals surface area contributed by atoms with Crippen molar-refractivity contribution in [3.63, 3.8) is 0 Å². The van der Waals surface area contributed by atoms with E-state index in [4.69, 9.17) is 9.47 Å². The number of nitro benzene ring substituents is 1. The fraction of sp³-hybridized carbons (Fsp3) is 0.364. The zero-order valence-corrected chi connectivity index (χ0v) is 17.6. The van der Waals surface area contributed by atoms with Crippen LogP contribution in [0.25, 0.3) is 0 Å². The van der Waals surface area contributed by atoms with Crippen molar-refractivity contribution in [2.24, 2.45) is 0 Å². The average Bonchev–Trinajstić information content (AvgIpc) is 3.15. The van der Waals surface area contributed by atoms with Crippen LogP contribution in [0.3, 0.4) is 0 Å². The van der Waals surface area contributed by atoms with E-state index in [-0.39, 0.29) is 35.9 Å². The Hall–Kier alpha value is -3.62. The number of rotatable bonds is 4. The molecular weight excluding hydrogens is 402 g/mol. The molecule has 0 N–H and O–H groups in total. The number of methoxy groups -OCH3 is 1. The van der Waals surface area contributed by atoms with E-state index in [0.29, 0.717) is 35.7 Å². The normalized spacial score (nSPS) is 19.7. The lowest BCUT2D eigenvalue weighted by atomic mass is 9.89. The van der Waals surface area contributed by atoms with E-state index in [1.807, 2.05) is 0 Å². The van der Waals surface area contributed by atoms with Crippen molar-refractivity contribution < 1.29 is 24.0 Å². The van der Waals surface area contributed by atoms with Crippen molar-refractivity contribution in [1.29, 1.82) is 0 Å². The second kappa shape index (κ2) is 7.57. The topological polar surface area (TPSA) is 102 Å². The summed E-state index contributed by atoms with van der Waals surface area (Å²) in [6.07, 6.45) is 0.671. The SMILES string of the molecule is COc1ccc2c(c1)C(=O)CC1(CCN(C(=O)c3ccc(N(C)C)c([N+](=O)[O-])c3)C1)O2. The first-order chi connectivity index (χ1) is 14.7. The molecule has 0 aliphatic carbocycles. The van der Waals surface area contributed by atoms with Crippen LogP contribution in [-0.2, 0) is 0 Å². The summed E-state index contributed by atoms with van der Waals surface area (Å²) in [5, 5.41) is 11.5. The molecule has 4 rings (SSSR count). The summed E-state index contributed by atoms with van der Waals surface area (Å²) in [5.41, 5.74) is 0.222. The molecule has 1 atom stereocenters. The van der Waals surface area contributed by atoms with Crippen molar-refractivity contribution in [2.45, 2.75) is 18.4 Å². The molecule has 1 fully saturated rings. The number of ketones is 1. The number of nitro groups is 1. The maximum absolute atomic E-state index is 13.1. The van der Waals surface area contributed by atoms with Crippen LogP contribution in [0.15, 0.2) is 36.4 Å². The summed E-state index contributed by atoms with van der Waals surface area (Å²) < 4.78 is 11.4. The second-order valence-electron chi connectivity index (χ2n) is 8.08. The molecule has 9 heteroatoms. The number of likely N-dealkylation sites (tertiary alicyclic amines) is 1. The van der Waals surface area contributed by atoms with E-state index in [1.165, 1.54) is 13.2 Å². The van der Waals surface area contributed by atoms with Crippen molar-refractivity contribution in [3.05, 3.63) is 57.6 Å². The van der Waals surface area contributed by atoms with Crippen LogP contribution >= 0.6 is 0 Å². The first-order valence-electron chi connectivity index (χ1n) is 9.88. The number of fused-ring (bicyclic) bond motifs is 1. The molecule has 1 unspecified atom stereocenters. The highest BCUT2D eigenvalue weighted by Gasteiger charge is 2.47. The fourth-order valence-corrected chi connectivity index (χ4v) is 4.21. The molecule has 1 saturated heterocycles. The Bertz CT molecular complexity index is 1080. The molecule has 2 aliphatic rings. The van der Waals surface area contributed by atoms with Crippen LogP contribution in [0.4, 0.5) is 11.4 Å². The van der Waals surface area contributed by atoms with Gasteiger partial charge >= 0.3 is 0 Å². The summed E-state index contributed by atoms with van der Waals surface area (Å²) >= 11 is 0. The Balaban J connectivity index is 1.56. The van der Waals surface area contributed by atoms with E-state index in [1.54, 1.807) is 54.2 Å². The van der Waals surface area contributed by atoms with Gasteiger partial charge in [-0.25, -0.2) is 0 Å². The molecule has 2 aliphatic heterocycles. The minimum Gasteiger partial charge on any atom is -0.497 e. The van der Waals surface area contributed by atoms with Gasteiger partial charge in [-0.05, 0) is 30.3 Å². The second-order valence-corrected chi connectivity index (χ2v) is 8.08. The molecule has 2 aromatic carbocycles. The maximum atomic E-state index is 13.1. The highest BCUT2D eigenvalue weighted by Crippen LogP contribution is 2.40. The van der Waals surface area contributed by atoms with Crippen molar-refractivity contribution in [3.8, 4) is 11.5 Å². The van der Waals surface area contributed by atoms with Gasteiger partial charge in [0, 0.05) is 38.7 Å². The molecule has 2 aromatic rings. The predicted molar refractivity (Wildman–Crippen MR) is 113 cm³/mol. The third kappa shape index (κ3) is 3.67. The van der Waals surface area contributed by atoms with Gasteiger partial charge in [0.05, 0.1) is 30.6 Å². The van der Waals surface area contributed by atoms with Crippen molar-refractivity contribution >= 4 is 23.1 Å². The minimum absolute atomic E-state index is 0.0552. The minimum atomic E-state index is -0.788. The quantitative estimate of drug-likeness (QED) is 0.548. The lowest BCUT2D eigenvalue weighted by Gasteiger charge is -2.34. The molecule has 1 amide bonds. The number of benzene rings is 2. The van der Waals surface area contributed by atoms with Gasteiger partial charge in [0.25, 0.3) is 11.6 Å². The first kappa shape index (κ1) is 20.6. The summed E-state index contributed by atoms with van der Waals surface area (Å²) in [4.78, 5) is 40.0. The predicted octanol–water partition coefficient (Wildman–Crippen LogP) is 2.92. The van der Waals surface area contributed by atoms with Crippen LogP contribution in [0.2, 0.25) is 0 Å². The largest absolute Gasteiger partial charge is 0.497 e. The van der Waals surface area contributed by atoms with Gasteiger partial charge in [0.2, 0.25) is 0 Å². The van der Waals surface area contributed by atoms with Crippen LogP contribution in [-0.4, -0.2) is 61.4 Å². The van der Waals surface area contributed by atoms with Gasteiger partial charge in [-0.15, -0.1) is 0 Å². The Kier molecular flexibility index (Phi) is 5.04. The number of ether oxygens (including phenoxy) is 2. The van der Waals surface area contributed by atoms with Gasteiger partial charge in [-0.3, -0.25) is 19.7 Å². The number of amides is 1. The average molecular weight is 425 g/mol. The number of carbonyl (C=O) groups is 2. The summed E-state index contributed by atoms with van der Waals surface area (Å²) in [6.45, 7) is 0.646. The fourth-order valence-electron chi connectivity index (χ4n) is 4.21. The van der Waals surface area contributed by atoms with E-state index >= 15 is 0 Å². The summed E-state index contributed by atoms with van der Waals surface area (Å²) in [6, 6.07) is 9.56. The van der Waals surface area contributed by atoms with Crippen LogP contribution < -0.4 is 14.4 Å². The summed E-state index contributed by atoms with van der Waals surface area (Å²) in [5.74, 6) is 0.692. The zero-order valence-electron chi connectivity index (χ0n) is 17.6. The highest BCUT2D eigenvalue weighted by atomic mass is 16.6. The lowest BCUT2D eigenvalue weighted by molar-refractivity contribution is -0.384. The zero-order chi connectivity index (χ0) is 22.3. The number of nitrogens with zero attached hydrogens (tertiary/aromatic N) is 3. The van der Waals surface area contributed by atoms with Crippen molar-refractivity contribution in [2.75, 3.05) is 39.2 Å². The van der Waals surface area contributed by atoms with Gasteiger partial charge in [0.1, 0.15) is 22.8 Å². The van der Waals surface area contributed by atoms with Gasteiger partial charge in [-0.1, -0.05) is 0 Å². The van der Waals surface area contributed by atoms with Crippen molar-refractivity contribution in [1.82, 2.24) is 4.90 Å². The number of carbonyl (C=O) groups excluding carboxylic acids is 2. The standard InChI is InChI=1S/C22H23N3O6/c1-23(2)17-6-4-14(10-18(17)25(28)29)21(27)24-9-8-22(13-24)12-19(26)16-11-15(30-3)5-7-20(16)31-22/h4-7,10-11H,8-9,12-13H2,1-3H3. The van der Waals surface area contributed by atoms with Crippen LogP contribution in [0.5, 0.6) is 11.5 Å². The highest BCUT2D eigenvalue weighted by molar-refractivity contribution is 6.01. The van der Waals surface area contributed by atoms with E-state index in [9.17, 15) is 19.7 Å². The maximum Gasteiger partial charge on any atom is 0.293 e. The lowest BCUT2D eigenvalue weighted by Crippen LogP contribution is -2.45. The van der Waals surface area contributed by atoms with E-state index in [2.05, 4.69) is 0 Å². The molecule has 0 saturated carbocycles. The van der Waals surface area contributed by atoms with Crippen LogP contribution in [0.1, 0.15) is 33.6 Å². The molecular formula is C22H23N3O6. The van der Waals surface area contributed by atoms with Gasteiger partial charge in [-0.2, -0.15) is 0 Å². The molecule has 1 spiro atoms. The first-order valence-corrected chi connectivity index (χ1v) is 9.88. The Morgan fingerprint density at radius 3 is 2.71 bits per heavy atom. The number of hydrogen-bond donors (Lipinski definition) is 0. The molecule has 0 aromatic heterocycles. The molecule has 0 radical (unpaired) electrons. The van der Waals surface area contributed by atoms with E-state index < -0.39 is 10.5 Å². The number of anilines is 1. The molecule has 31 heavy (non-hydrogen) atoms. The number of Topliss-reactive ketones (excluding diaryl/α,β-unsaturated/α-hetero) is 1. The molecule has 162 valence electrons. The Morgan fingerprint density at radius 1 is 1.26 bits per heavy atom. The van der Waals surface area contributed by atoms with Crippen LogP contribution in [0, 0.1) is 10.1 Å². The monoisotopic (exact) mass is 425 g/mol. The smallest absolute Gasteiger partial charge is 0.293 e. The van der Waals surface area contributed by atoms with Gasteiger partial charge < -0.3 is 19.3 Å². The third-order valence-electron chi connectivity index (χ3n) is 5.80. The Morgan fingerprint density at radius 2 is 2.03 bits per heavy atom. The number of hydrogen-bond acceptors (Lipinski definition) is 7. The molecule has 2 heterocycles. The third-order valence-corrected chi connectivity index (χ3v) is 5.80.